The Kier molecular flexibility index (Phi) is 3.57. The molecule has 1 heterocycles. The van der Waals surface area contributed by atoms with Crippen LogP contribution in [0.15, 0.2) is 36.4 Å². The predicted molar refractivity (Wildman–Crippen MR) is 80.0 cm³/mol. The van der Waals surface area contributed by atoms with Gasteiger partial charge in [-0.2, -0.15) is 0 Å². The van der Waals surface area contributed by atoms with E-state index in [0.717, 1.165) is 6.61 Å². The van der Waals surface area contributed by atoms with Crippen LogP contribution < -0.4 is 11.3 Å². The van der Waals surface area contributed by atoms with Crippen LogP contribution in [0.25, 0.3) is 0 Å². The van der Waals surface area contributed by atoms with Gasteiger partial charge in [-0.1, -0.05) is 42.0 Å². The Balaban J connectivity index is 2.01. The average molecular weight is 268 g/mol. The highest BCUT2D eigenvalue weighted by Crippen LogP contribution is 2.29. The van der Waals surface area contributed by atoms with Crippen molar-refractivity contribution in [2.45, 2.75) is 33.1 Å². The van der Waals surface area contributed by atoms with Gasteiger partial charge in [-0.25, -0.2) is 5.43 Å². The standard InChI is InChI=1S/C17H20N2O/c1-11-3-6-16(12(2)7-11)17(19-18)13-4-5-14-9-20-10-15(14)8-13/h3-8,17,19H,9-10,18H2,1-2H3. The Morgan fingerprint density at radius 3 is 2.60 bits per heavy atom. The number of fused-ring (bicyclic) bond motifs is 1. The summed E-state index contributed by atoms with van der Waals surface area (Å²) < 4.78 is 5.48. The first-order chi connectivity index (χ1) is 9.69. The van der Waals surface area contributed by atoms with E-state index in [-0.39, 0.29) is 6.04 Å². The number of rotatable bonds is 3. The zero-order chi connectivity index (χ0) is 14.1. The van der Waals surface area contributed by atoms with Gasteiger partial charge in [-0.15, -0.1) is 0 Å². The third-order valence-corrected chi connectivity index (χ3v) is 3.98. The van der Waals surface area contributed by atoms with Gasteiger partial charge >= 0.3 is 0 Å². The van der Waals surface area contributed by atoms with Gasteiger partial charge in [0.2, 0.25) is 0 Å². The number of hydrazine groups is 1. The van der Waals surface area contributed by atoms with E-state index in [2.05, 4.69) is 55.7 Å². The second-order valence-corrected chi connectivity index (χ2v) is 5.48. The van der Waals surface area contributed by atoms with Crippen molar-refractivity contribution in [2.24, 2.45) is 5.84 Å². The molecule has 0 amide bonds. The van der Waals surface area contributed by atoms with Crippen molar-refractivity contribution in [3.05, 3.63) is 69.8 Å². The Hall–Kier alpha value is -1.68. The smallest absolute Gasteiger partial charge is 0.0725 e. The molecule has 1 aliphatic rings. The van der Waals surface area contributed by atoms with Gasteiger partial charge in [0.05, 0.1) is 19.3 Å². The van der Waals surface area contributed by atoms with Crippen molar-refractivity contribution in [2.75, 3.05) is 0 Å². The van der Waals surface area contributed by atoms with Crippen LogP contribution in [-0.4, -0.2) is 0 Å². The lowest BCUT2D eigenvalue weighted by molar-refractivity contribution is 0.134. The first kappa shape index (κ1) is 13.3. The fraction of sp³-hybridized carbons (Fsp3) is 0.294. The molecule has 0 bridgehead atoms. The van der Waals surface area contributed by atoms with Gasteiger partial charge < -0.3 is 4.74 Å². The molecule has 0 spiro atoms. The van der Waals surface area contributed by atoms with Crippen molar-refractivity contribution in [3.8, 4) is 0 Å². The molecule has 2 aromatic carbocycles. The van der Waals surface area contributed by atoms with Gasteiger partial charge in [0.15, 0.2) is 0 Å². The van der Waals surface area contributed by atoms with Gasteiger partial charge in [-0.05, 0) is 41.7 Å². The lowest BCUT2D eigenvalue weighted by Gasteiger charge is -2.20. The quantitative estimate of drug-likeness (QED) is 0.664. The number of nitrogens with two attached hydrogens (primary N) is 1. The first-order valence-electron chi connectivity index (χ1n) is 6.92. The molecule has 3 N–H and O–H groups in total. The summed E-state index contributed by atoms with van der Waals surface area (Å²) in [6.07, 6.45) is 0. The Morgan fingerprint density at radius 1 is 1.05 bits per heavy atom. The van der Waals surface area contributed by atoms with Crippen LogP contribution in [0, 0.1) is 13.8 Å². The van der Waals surface area contributed by atoms with Crippen molar-refractivity contribution in [1.29, 1.82) is 0 Å². The molecule has 104 valence electrons. The van der Waals surface area contributed by atoms with E-state index in [4.69, 9.17) is 10.6 Å². The minimum absolute atomic E-state index is 0.0153. The van der Waals surface area contributed by atoms with E-state index in [1.54, 1.807) is 0 Å². The van der Waals surface area contributed by atoms with Crippen LogP contribution in [0.3, 0.4) is 0 Å². The molecule has 1 aliphatic heterocycles. The molecule has 0 saturated heterocycles. The molecule has 2 aromatic rings. The maximum Gasteiger partial charge on any atom is 0.0725 e. The third kappa shape index (κ3) is 2.36. The molecule has 0 saturated carbocycles. The Labute approximate surface area is 119 Å². The van der Waals surface area contributed by atoms with Crippen LogP contribution >= 0.6 is 0 Å². The highest BCUT2D eigenvalue weighted by molar-refractivity contribution is 5.42. The van der Waals surface area contributed by atoms with E-state index < -0.39 is 0 Å². The highest BCUT2D eigenvalue weighted by Gasteiger charge is 2.18. The number of hydrogen-bond acceptors (Lipinski definition) is 3. The van der Waals surface area contributed by atoms with E-state index in [0.29, 0.717) is 6.61 Å². The van der Waals surface area contributed by atoms with Crippen LogP contribution in [0.2, 0.25) is 0 Å². The van der Waals surface area contributed by atoms with E-state index >= 15 is 0 Å². The molecule has 0 aliphatic carbocycles. The van der Waals surface area contributed by atoms with E-state index in [1.165, 1.54) is 33.4 Å². The molecule has 0 radical (unpaired) electrons. The summed E-state index contributed by atoms with van der Waals surface area (Å²) in [7, 11) is 0. The lowest BCUT2D eigenvalue weighted by Crippen LogP contribution is -2.29. The van der Waals surface area contributed by atoms with Crippen LogP contribution in [-0.2, 0) is 18.0 Å². The molecule has 1 atom stereocenters. The SMILES string of the molecule is Cc1ccc(C(NN)c2ccc3c(c2)COC3)c(C)c1. The van der Waals surface area contributed by atoms with Crippen molar-refractivity contribution in [1.82, 2.24) is 5.43 Å². The van der Waals surface area contributed by atoms with Gasteiger partial charge in [-0.3, -0.25) is 5.84 Å². The fourth-order valence-electron chi connectivity index (χ4n) is 2.89. The molecular formula is C17H20N2O. The number of nitrogens with one attached hydrogen (secondary N) is 1. The largest absolute Gasteiger partial charge is 0.372 e. The Bertz CT molecular complexity index is 637. The molecular weight excluding hydrogens is 248 g/mol. The summed E-state index contributed by atoms with van der Waals surface area (Å²) in [4.78, 5) is 0. The summed E-state index contributed by atoms with van der Waals surface area (Å²) in [5, 5.41) is 0. The molecule has 3 rings (SSSR count). The molecule has 20 heavy (non-hydrogen) atoms. The van der Waals surface area contributed by atoms with Gasteiger partial charge in [0.1, 0.15) is 0 Å². The normalized spacial score (nSPS) is 15.2. The van der Waals surface area contributed by atoms with Gasteiger partial charge in [0.25, 0.3) is 0 Å². The zero-order valence-corrected chi connectivity index (χ0v) is 11.9. The summed E-state index contributed by atoms with van der Waals surface area (Å²) >= 11 is 0. The van der Waals surface area contributed by atoms with Crippen LogP contribution in [0.1, 0.15) is 39.4 Å². The average Bonchev–Trinajstić information content (AvgIpc) is 2.89. The molecule has 3 heteroatoms. The third-order valence-electron chi connectivity index (χ3n) is 3.98. The predicted octanol–water partition coefficient (Wildman–Crippen LogP) is 2.89. The maximum absolute atomic E-state index is 5.81. The fourth-order valence-corrected chi connectivity index (χ4v) is 2.89. The summed E-state index contributed by atoms with van der Waals surface area (Å²) in [5.41, 5.74) is 10.4. The van der Waals surface area contributed by atoms with E-state index in [9.17, 15) is 0 Å². The van der Waals surface area contributed by atoms with Crippen molar-refractivity contribution in [3.63, 3.8) is 0 Å². The lowest BCUT2D eigenvalue weighted by atomic mass is 9.92. The second kappa shape index (κ2) is 5.37. The van der Waals surface area contributed by atoms with Gasteiger partial charge in [0, 0.05) is 0 Å². The van der Waals surface area contributed by atoms with Crippen LogP contribution in [0.5, 0.6) is 0 Å². The summed E-state index contributed by atoms with van der Waals surface area (Å²) in [5.74, 6) is 5.81. The molecule has 0 aromatic heterocycles. The second-order valence-electron chi connectivity index (χ2n) is 5.48. The number of benzene rings is 2. The molecule has 3 nitrogen and oxygen atoms in total. The topological polar surface area (TPSA) is 47.3 Å². The zero-order valence-electron chi connectivity index (χ0n) is 11.9. The maximum atomic E-state index is 5.81. The number of aryl methyl sites for hydroxylation is 2. The Morgan fingerprint density at radius 2 is 1.85 bits per heavy atom. The van der Waals surface area contributed by atoms with Crippen LogP contribution in [0.4, 0.5) is 0 Å². The minimum Gasteiger partial charge on any atom is -0.372 e. The number of ether oxygens (including phenoxy) is 1. The first-order valence-corrected chi connectivity index (χ1v) is 6.92. The van der Waals surface area contributed by atoms with Crippen molar-refractivity contribution < 1.29 is 4.74 Å². The molecule has 1 unspecified atom stereocenters. The highest BCUT2D eigenvalue weighted by atomic mass is 16.5. The minimum atomic E-state index is 0.0153. The van der Waals surface area contributed by atoms with E-state index in [1.807, 2.05) is 0 Å². The monoisotopic (exact) mass is 268 g/mol. The molecule has 0 fully saturated rings. The summed E-state index contributed by atoms with van der Waals surface area (Å²) in [6, 6.07) is 13.0. The van der Waals surface area contributed by atoms with Crippen molar-refractivity contribution >= 4 is 0 Å². The summed E-state index contributed by atoms with van der Waals surface area (Å²) in [6.45, 7) is 5.66. The number of hydrogen-bond donors (Lipinski definition) is 2.